The van der Waals surface area contributed by atoms with Crippen molar-refractivity contribution in [3.05, 3.63) is 35.9 Å². The van der Waals surface area contributed by atoms with E-state index in [2.05, 4.69) is 25.7 Å². The lowest BCUT2D eigenvalue weighted by atomic mass is 9.88. The first-order valence-electron chi connectivity index (χ1n) is 7.39. The maximum absolute atomic E-state index is 12.3. The Kier molecular flexibility index (Phi) is 4.76. The lowest BCUT2D eigenvalue weighted by Crippen LogP contribution is -2.41. The third kappa shape index (κ3) is 3.66. The van der Waals surface area contributed by atoms with Gasteiger partial charge in [0.1, 0.15) is 0 Å². The second kappa shape index (κ2) is 6.33. The summed E-state index contributed by atoms with van der Waals surface area (Å²) in [6.45, 7) is 9.87. The van der Waals surface area contributed by atoms with Gasteiger partial charge in [-0.05, 0) is 24.8 Å². The molecule has 19 heavy (non-hydrogen) atoms. The molecule has 0 aliphatic carbocycles. The predicted molar refractivity (Wildman–Crippen MR) is 79.3 cm³/mol. The largest absolute Gasteiger partial charge is 0.302 e. The Morgan fingerprint density at radius 2 is 1.95 bits per heavy atom. The van der Waals surface area contributed by atoms with Crippen LogP contribution >= 0.6 is 0 Å². The number of Topliss-reactive ketones (excluding diaryl/α,β-unsaturated/α-hetero) is 1. The summed E-state index contributed by atoms with van der Waals surface area (Å²) in [5.74, 6) is 1.92. The van der Waals surface area contributed by atoms with E-state index in [4.69, 9.17) is 0 Å². The minimum atomic E-state index is 0.0861. The number of piperidine rings is 1. The Hall–Kier alpha value is -1.15. The monoisotopic (exact) mass is 259 g/mol. The van der Waals surface area contributed by atoms with Gasteiger partial charge in [0, 0.05) is 24.6 Å². The molecule has 1 saturated heterocycles. The highest BCUT2D eigenvalue weighted by Gasteiger charge is 2.25. The standard InChI is InChI=1S/C17H25NO/c1-13-9-10-18(11-14(13)2)12-15(3)17(19)16-7-5-4-6-8-16/h4-8,13-15H,9-12H2,1-3H3. The zero-order valence-electron chi connectivity index (χ0n) is 12.3. The molecule has 0 bridgehead atoms. The van der Waals surface area contributed by atoms with E-state index in [1.54, 1.807) is 0 Å². The van der Waals surface area contributed by atoms with Gasteiger partial charge in [0.05, 0.1) is 0 Å². The molecule has 2 heteroatoms. The molecule has 0 radical (unpaired) electrons. The van der Waals surface area contributed by atoms with Gasteiger partial charge in [-0.25, -0.2) is 0 Å². The van der Waals surface area contributed by atoms with Gasteiger partial charge >= 0.3 is 0 Å². The van der Waals surface area contributed by atoms with Crippen LogP contribution in [0.15, 0.2) is 30.3 Å². The Balaban J connectivity index is 1.91. The molecule has 3 atom stereocenters. The number of rotatable bonds is 4. The van der Waals surface area contributed by atoms with Crippen molar-refractivity contribution in [1.29, 1.82) is 0 Å². The average molecular weight is 259 g/mol. The van der Waals surface area contributed by atoms with Crippen LogP contribution in [0.2, 0.25) is 0 Å². The van der Waals surface area contributed by atoms with Crippen molar-refractivity contribution in [2.75, 3.05) is 19.6 Å². The van der Waals surface area contributed by atoms with Gasteiger partial charge < -0.3 is 4.90 Å². The van der Waals surface area contributed by atoms with Crippen LogP contribution in [0.3, 0.4) is 0 Å². The smallest absolute Gasteiger partial charge is 0.166 e. The van der Waals surface area contributed by atoms with E-state index in [9.17, 15) is 4.79 Å². The van der Waals surface area contributed by atoms with Gasteiger partial charge in [0.2, 0.25) is 0 Å². The fourth-order valence-electron chi connectivity index (χ4n) is 2.87. The van der Waals surface area contributed by atoms with Crippen molar-refractivity contribution < 1.29 is 4.79 Å². The van der Waals surface area contributed by atoms with Gasteiger partial charge in [-0.1, -0.05) is 51.1 Å². The van der Waals surface area contributed by atoms with Gasteiger partial charge in [-0.2, -0.15) is 0 Å². The highest BCUT2D eigenvalue weighted by Crippen LogP contribution is 2.23. The molecular formula is C17H25NO. The summed E-state index contributed by atoms with van der Waals surface area (Å²) < 4.78 is 0. The Labute approximate surface area is 116 Å². The molecule has 0 N–H and O–H groups in total. The van der Waals surface area contributed by atoms with Crippen molar-refractivity contribution in [1.82, 2.24) is 4.90 Å². The molecule has 3 unspecified atom stereocenters. The Morgan fingerprint density at radius 3 is 2.58 bits per heavy atom. The van der Waals surface area contributed by atoms with Gasteiger partial charge in [0.25, 0.3) is 0 Å². The molecule has 1 aliphatic heterocycles. The zero-order chi connectivity index (χ0) is 13.8. The van der Waals surface area contributed by atoms with E-state index in [0.717, 1.165) is 37.0 Å². The summed E-state index contributed by atoms with van der Waals surface area (Å²) in [4.78, 5) is 14.8. The lowest BCUT2D eigenvalue weighted by Gasteiger charge is -2.36. The van der Waals surface area contributed by atoms with Crippen LogP contribution in [0.1, 0.15) is 37.6 Å². The van der Waals surface area contributed by atoms with E-state index in [1.807, 2.05) is 30.3 Å². The minimum Gasteiger partial charge on any atom is -0.302 e. The molecule has 0 saturated carbocycles. The number of hydrogen-bond donors (Lipinski definition) is 0. The number of carbonyl (C=O) groups is 1. The number of hydrogen-bond acceptors (Lipinski definition) is 2. The second-order valence-electron chi connectivity index (χ2n) is 6.13. The van der Waals surface area contributed by atoms with Crippen molar-refractivity contribution in [2.45, 2.75) is 27.2 Å². The average Bonchev–Trinajstić information content (AvgIpc) is 2.43. The number of carbonyl (C=O) groups excluding carboxylic acids is 1. The number of likely N-dealkylation sites (tertiary alicyclic amines) is 1. The highest BCUT2D eigenvalue weighted by molar-refractivity contribution is 5.97. The summed E-state index contributed by atoms with van der Waals surface area (Å²) in [5.41, 5.74) is 0.841. The molecule has 0 aromatic heterocycles. The van der Waals surface area contributed by atoms with Crippen molar-refractivity contribution in [3.8, 4) is 0 Å². The van der Waals surface area contributed by atoms with Crippen LogP contribution in [0.4, 0.5) is 0 Å². The van der Waals surface area contributed by atoms with Crippen LogP contribution in [0.5, 0.6) is 0 Å². The fraction of sp³-hybridized carbons (Fsp3) is 0.588. The molecule has 1 heterocycles. The summed E-state index contributed by atoms with van der Waals surface area (Å²) in [6.07, 6.45) is 1.26. The summed E-state index contributed by atoms with van der Waals surface area (Å²) >= 11 is 0. The lowest BCUT2D eigenvalue weighted by molar-refractivity contribution is 0.0830. The third-order valence-electron chi connectivity index (χ3n) is 4.46. The van der Waals surface area contributed by atoms with Gasteiger partial charge in [0.15, 0.2) is 5.78 Å². The van der Waals surface area contributed by atoms with E-state index in [1.165, 1.54) is 6.42 Å². The van der Waals surface area contributed by atoms with E-state index < -0.39 is 0 Å². The molecule has 2 nitrogen and oxygen atoms in total. The maximum atomic E-state index is 12.3. The minimum absolute atomic E-state index is 0.0861. The van der Waals surface area contributed by atoms with Crippen LogP contribution in [-0.2, 0) is 0 Å². The number of benzene rings is 1. The van der Waals surface area contributed by atoms with E-state index in [0.29, 0.717) is 0 Å². The van der Waals surface area contributed by atoms with Crippen molar-refractivity contribution >= 4 is 5.78 Å². The zero-order valence-corrected chi connectivity index (χ0v) is 12.3. The molecule has 0 spiro atoms. The summed E-state index contributed by atoms with van der Waals surface area (Å²) in [6, 6.07) is 9.66. The number of ketones is 1. The van der Waals surface area contributed by atoms with Gasteiger partial charge in [-0.15, -0.1) is 0 Å². The quantitative estimate of drug-likeness (QED) is 0.772. The van der Waals surface area contributed by atoms with Crippen molar-refractivity contribution in [3.63, 3.8) is 0 Å². The fourth-order valence-corrected chi connectivity index (χ4v) is 2.87. The normalized spacial score (nSPS) is 26.1. The first-order chi connectivity index (χ1) is 9.08. The van der Waals surface area contributed by atoms with Crippen LogP contribution in [0, 0.1) is 17.8 Å². The SMILES string of the molecule is CC(CN1CCC(C)C(C)C1)C(=O)c1ccccc1. The molecule has 1 fully saturated rings. The van der Waals surface area contributed by atoms with Gasteiger partial charge in [-0.3, -0.25) is 4.79 Å². The maximum Gasteiger partial charge on any atom is 0.166 e. The summed E-state index contributed by atoms with van der Waals surface area (Å²) in [7, 11) is 0. The first kappa shape index (κ1) is 14.3. The molecular weight excluding hydrogens is 234 g/mol. The topological polar surface area (TPSA) is 20.3 Å². The van der Waals surface area contributed by atoms with Crippen LogP contribution in [0.25, 0.3) is 0 Å². The van der Waals surface area contributed by atoms with Crippen LogP contribution in [-0.4, -0.2) is 30.3 Å². The van der Waals surface area contributed by atoms with E-state index >= 15 is 0 Å². The molecule has 1 aliphatic rings. The predicted octanol–water partition coefficient (Wildman–Crippen LogP) is 3.48. The van der Waals surface area contributed by atoms with Crippen LogP contribution < -0.4 is 0 Å². The van der Waals surface area contributed by atoms with Crippen molar-refractivity contribution in [2.24, 2.45) is 17.8 Å². The molecule has 1 aromatic carbocycles. The third-order valence-corrected chi connectivity index (χ3v) is 4.46. The Bertz CT molecular complexity index is 415. The number of nitrogens with zero attached hydrogens (tertiary/aromatic N) is 1. The molecule has 2 rings (SSSR count). The summed E-state index contributed by atoms with van der Waals surface area (Å²) in [5, 5.41) is 0. The Morgan fingerprint density at radius 1 is 1.26 bits per heavy atom. The highest BCUT2D eigenvalue weighted by atomic mass is 16.1. The first-order valence-corrected chi connectivity index (χ1v) is 7.39. The molecule has 1 aromatic rings. The second-order valence-corrected chi connectivity index (χ2v) is 6.13. The van der Waals surface area contributed by atoms with E-state index in [-0.39, 0.29) is 11.7 Å². The molecule has 104 valence electrons. The molecule has 0 amide bonds.